The first-order valence-electron chi connectivity index (χ1n) is 8.19. The van der Waals surface area contributed by atoms with Crippen molar-refractivity contribution in [3.05, 3.63) is 59.1 Å². The average Bonchev–Trinajstić information content (AvgIpc) is 3.02. The van der Waals surface area contributed by atoms with E-state index in [0.29, 0.717) is 34.0 Å². The predicted molar refractivity (Wildman–Crippen MR) is 104 cm³/mol. The normalized spacial score (nSPS) is 10.4. The largest absolute Gasteiger partial charge is 0.383 e. The predicted octanol–water partition coefficient (Wildman–Crippen LogP) is 4.16. The van der Waals surface area contributed by atoms with E-state index < -0.39 is 0 Å². The molecule has 0 saturated heterocycles. The van der Waals surface area contributed by atoms with Gasteiger partial charge in [-0.1, -0.05) is 31.5 Å². The molecule has 0 fully saturated rings. The number of halogens is 1. The van der Waals surface area contributed by atoms with Crippen LogP contribution in [0.2, 0.25) is 5.02 Å². The Hall–Kier alpha value is -3.17. The average molecular weight is 365 g/mol. The summed E-state index contributed by atoms with van der Waals surface area (Å²) in [6, 6.07) is 9.98. The molecule has 4 rings (SSSR count). The second-order valence-corrected chi connectivity index (χ2v) is 5.86. The fraction of sp³-hybridized carbons (Fsp3) is 0.158. The minimum Gasteiger partial charge on any atom is -0.383 e. The number of nitrogens with two attached hydrogens (primary N) is 1. The fourth-order valence-corrected chi connectivity index (χ4v) is 2.97. The fourth-order valence-electron chi connectivity index (χ4n) is 2.80. The van der Waals surface area contributed by atoms with Gasteiger partial charge in [0.15, 0.2) is 0 Å². The molecule has 0 spiro atoms. The molecule has 0 bridgehead atoms. The van der Waals surface area contributed by atoms with Crippen molar-refractivity contribution in [1.29, 1.82) is 5.26 Å². The lowest BCUT2D eigenvalue weighted by Crippen LogP contribution is -2.00. The van der Waals surface area contributed by atoms with Crippen molar-refractivity contribution in [3.63, 3.8) is 0 Å². The molecule has 0 radical (unpaired) electrons. The van der Waals surface area contributed by atoms with E-state index >= 15 is 0 Å². The number of anilines is 1. The van der Waals surface area contributed by atoms with Crippen LogP contribution >= 0.6 is 11.6 Å². The molecule has 4 aromatic rings. The van der Waals surface area contributed by atoms with E-state index in [1.54, 1.807) is 12.4 Å². The van der Waals surface area contributed by atoms with Crippen molar-refractivity contribution in [2.24, 2.45) is 0 Å². The Kier molecular flexibility index (Phi) is 5.01. The third kappa shape index (κ3) is 3.17. The topological polar surface area (TPSA) is 93.4 Å². The molecule has 0 amide bonds. The lowest BCUT2D eigenvalue weighted by atomic mass is 10.1. The smallest absolute Gasteiger partial charge is 0.147 e. The molecule has 2 N–H and O–H groups in total. The van der Waals surface area contributed by atoms with E-state index in [9.17, 15) is 5.26 Å². The number of fused-ring (bicyclic) bond motifs is 2. The van der Waals surface area contributed by atoms with Gasteiger partial charge in [-0.2, -0.15) is 5.26 Å². The van der Waals surface area contributed by atoms with Gasteiger partial charge in [-0.3, -0.25) is 4.98 Å². The Labute approximate surface area is 155 Å². The molecule has 1 aromatic carbocycles. The Balaban J connectivity index is 0.000000948. The first-order chi connectivity index (χ1) is 12.7. The van der Waals surface area contributed by atoms with Gasteiger partial charge in [0.05, 0.1) is 21.5 Å². The highest BCUT2D eigenvalue weighted by Crippen LogP contribution is 2.25. The van der Waals surface area contributed by atoms with Gasteiger partial charge in [0.2, 0.25) is 0 Å². The molecular weight excluding hydrogens is 348 g/mol. The zero-order valence-electron chi connectivity index (χ0n) is 14.4. The van der Waals surface area contributed by atoms with Crippen molar-refractivity contribution < 1.29 is 0 Å². The molecule has 26 heavy (non-hydrogen) atoms. The monoisotopic (exact) mass is 364 g/mol. The molecule has 130 valence electrons. The number of pyridine rings is 1. The van der Waals surface area contributed by atoms with Crippen LogP contribution in [0.15, 0.2) is 43.0 Å². The second kappa shape index (κ2) is 7.38. The molecule has 3 heterocycles. The number of nitrogens with zero attached hydrogens (tertiary/aromatic N) is 5. The number of benzene rings is 1. The summed E-state index contributed by atoms with van der Waals surface area (Å²) in [5.41, 5.74) is 8.93. The number of hydrogen-bond donors (Lipinski definition) is 1. The van der Waals surface area contributed by atoms with Gasteiger partial charge in [-0.25, -0.2) is 9.97 Å². The minimum atomic E-state index is 0.310. The van der Waals surface area contributed by atoms with Gasteiger partial charge >= 0.3 is 0 Å². The van der Waals surface area contributed by atoms with E-state index in [2.05, 4.69) is 21.0 Å². The Morgan fingerprint density at radius 1 is 1.19 bits per heavy atom. The molecule has 0 unspecified atom stereocenters. The van der Waals surface area contributed by atoms with Gasteiger partial charge in [0.25, 0.3) is 0 Å². The van der Waals surface area contributed by atoms with Gasteiger partial charge in [0, 0.05) is 24.3 Å². The highest BCUT2D eigenvalue weighted by Gasteiger charge is 2.13. The Morgan fingerprint density at radius 2 is 2.00 bits per heavy atom. The van der Waals surface area contributed by atoms with E-state index in [1.807, 2.05) is 42.7 Å². The summed E-state index contributed by atoms with van der Waals surface area (Å²) < 4.78 is 1.89. The van der Waals surface area contributed by atoms with Gasteiger partial charge < -0.3 is 10.3 Å². The van der Waals surface area contributed by atoms with Crippen molar-refractivity contribution in [3.8, 4) is 6.07 Å². The van der Waals surface area contributed by atoms with Crippen molar-refractivity contribution in [2.75, 3.05) is 5.73 Å². The van der Waals surface area contributed by atoms with Crippen LogP contribution in [0.25, 0.3) is 21.9 Å². The third-order valence-corrected chi connectivity index (χ3v) is 4.08. The summed E-state index contributed by atoms with van der Waals surface area (Å²) >= 11 is 6.01. The minimum absolute atomic E-state index is 0.310. The molecule has 0 aliphatic rings. The van der Waals surface area contributed by atoms with E-state index in [-0.39, 0.29) is 0 Å². The third-order valence-electron chi connectivity index (χ3n) is 3.87. The Morgan fingerprint density at radius 3 is 2.77 bits per heavy atom. The molecule has 6 nitrogen and oxygen atoms in total. The SMILES string of the molecule is CC.N#Cc1cn(Cc2ccc3ncc(Cl)cc3c2)c2ncnc(N)c12. The van der Waals surface area contributed by atoms with Crippen LogP contribution in [0.5, 0.6) is 0 Å². The van der Waals surface area contributed by atoms with Crippen LogP contribution in [-0.4, -0.2) is 19.5 Å². The quantitative estimate of drug-likeness (QED) is 0.576. The first-order valence-corrected chi connectivity index (χ1v) is 8.57. The highest BCUT2D eigenvalue weighted by atomic mass is 35.5. The number of aromatic nitrogens is 4. The summed E-state index contributed by atoms with van der Waals surface area (Å²) in [6.07, 6.45) is 4.78. The molecular formula is C19H17ClN6. The van der Waals surface area contributed by atoms with Gasteiger partial charge in [-0.15, -0.1) is 0 Å². The lowest BCUT2D eigenvalue weighted by molar-refractivity contribution is 0.824. The number of hydrogen-bond acceptors (Lipinski definition) is 5. The van der Waals surface area contributed by atoms with Crippen LogP contribution in [-0.2, 0) is 6.54 Å². The summed E-state index contributed by atoms with van der Waals surface area (Å²) in [5, 5.41) is 11.5. The summed E-state index contributed by atoms with van der Waals surface area (Å²) in [7, 11) is 0. The van der Waals surface area contributed by atoms with Crippen LogP contribution in [0, 0.1) is 11.3 Å². The first kappa shape index (κ1) is 17.6. The summed E-state index contributed by atoms with van der Waals surface area (Å²) in [6.45, 7) is 4.55. The second-order valence-electron chi connectivity index (χ2n) is 5.42. The lowest BCUT2D eigenvalue weighted by Gasteiger charge is -2.06. The Bertz CT molecular complexity index is 1130. The van der Waals surface area contributed by atoms with Crippen LogP contribution < -0.4 is 5.73 Å². The van der Waals surface area contributed by atoms with E-state index in [4.69, 9.17) is 17.3 Å². The maximum Gasteiger partial charge on any atom is 0.147 e. The van der Waals surface area contributed by atoms with Crippen molar-refractivity contribution in [1.82, 2.24) is 19.5 Å². The zero-order chi connectivity index (χ0) is 18.7. The number of nitriles is 1. The molecule has 3 aromatic heterocycles. The zero-order valence-corrected chi connectivity index (χ0v) is 15.2. The molecule has 0 aliphatic carbocycles. The van der Waals surface area contributed by atoms with E-state index in [1.165, 1.54) is 6.33 Å². The number of nitrogen functional groups attached to an aromatic ring is 1. The standard InChI is InChI=1S/C17H11ClN6.C2H6/c18-13-4-11-3-10(1-2-14(11)21-6-13)7-24-8-12(5-19)15-16(20)22-9-23-17(15)24;1-2/h1-4,6,8-9H,7H2,(H2,20,22,23);1-2H3. The highest BCUT2D eigenvalue weighted by molar-refractivity contribution is 6.31. The van der Waals surface area contributed by atoms with Crippen molar-refractivity contribution >= 4 is 39.4 Å². The van der Waals surface area contributed by atoms with Crippen LogP contribution in [0.3, 0.4) is 0 Å². The van der Waals surface area contributed by atoms with E-state index in [0.717, 1.165) is 16.5 Å². The van der Waals surface area contributed by atoms with Gasteiger partial charge in [0.1, 0.15) is 23.9 Å². The molecule has 0 saturated carbocycles. The maximum atomic E-state index is 9.31. The van der Waals surface area contributed by atoms with Crippen LogP contribution in [0.4, 0.5) is 5.82 Å². The molecule has 0 aliphatic heterocycles. The van der Waals surface area contributed by atoms with Crippen molar-refractivity contribution in [2.45, 2.75) is 20.4 Å². The van der Waals surface area contributed by atoms with Gasteiger partial charge in [-0.05, 0) is 23.8 Å². The summed E-state index contributed by atoms with van der Waals surface area (Å²) in [5.74, 6) is 0.310. The summed E-state index contributed by atoms with van der Waals surface area (Å²) in [4.78, 5) is 12.5. The number of rotatable bonds is 2. The molecule has 7 heteroatoms. The van der Waals surface area contributed by atoms with Crippen LogP contribution in [0.1, 0.15) is 25.0 Å². The molecule has 0 atom stereocenters. The maximum absolute atomic E-state index is 9.31.